The van der Waals surface area contributed by atoms with Crippen LogP contribution in [0, 0.1) is 0 Å². The van der Waals surface area contributed by atoms with E-state index in [2.05, 4.69) is 0 Å². The summed E-state index contributed by atoms with van der Waals surface area (Å²) in [6.07, 6.45) is 6.37. The maximum absolute atomic E-state index is 13.5. The van der Waals surface area contributed by atoms with Gasteiger partial charge in [0, 0.05) is 13.0 Å². The van der Waals surface area contributed by atoms with Gasteiger partial charge in [0.05, 0.1) is 18.8 Å². The Morgan fingerprint density at radius 2 is 1.76 bits per heavy atom. The Labute approximate surface area is 219 Å². The number of benzene rings is 2. The number of carbonyl (C=O) groups is 3. The summed E-state index contributed by atoms with van der Waals surface area (Å²) in [6.45, 7) is 4.79. The van der Waals surface area contributed by atoms with Crippen molar-refractivity contribution < 1.29 is 29.0 Å². The van der Waals surface area contributed by atoms with Gasteiger partial charge in [0.2, 0.25) is 5.91 Å². The number of aromatic hydroxyl groups is 1. The van der Waals surface area contributed by atoms with Gasteiger partial charge in [-0.3, -0.25) is 9.59 Å². The van der Waals surface area contributed by atoms with Crippen LogP contribution < -0.4 is 0 Å². The largest absolute Gasteiger partial charge is 0.508 e. The number of phenolic OH excluding ortho intramolecular Hbond substituents is 1. The van der Waals surface area contributed by atoms with Gasteiger partial charge < -0.3 is 19.5 Å². The number of phenols is 1. The van der Waals surface area contributed by atoms with Crippen molar-refractivity contribution in [2.24, 2.45) is 0 Å². The van der Waals surface area contributed by atoms with Crippen molar-refractivity contribution in [3.8, 4) is 5.75 Å². The molecule has 1 N–H and O–H groups in total. The van der Waals surface area contributed by atoms with E-state index >= 15 is 0 Å². The number of esters is 2. The van der Waals surface area contributed by atoms with Crippen LogP contribution in [0.2, 0.25) is 0 Å². The molecule has 0 saturated carbocycles. The number of unbranched alkanes of at least 4 members (excludes halogenated alkanes) is 2. The molecular formula is C30H39NO6. The van der Waals surface area contributed by atoms with Gasteiger partial charge in [0.25, 0.3) is 0 Å². The lowest BCUT2D eigenvalue weighted by Crippen LogP contribution is -2.37. The van der Waals surface area contributed by atoms with Crippen LogP contribution in [0.15, 0.2) is 42.5 Å². The SMILES string of the molecule is CCCCOC(=O)CN(Cc1cccc(C(=O)OCCCC)c1)C(=O)CC1CCCc2cc(O)ccc21. The Kier molecular flexibility index (Phi) is 11.0. The number of aryl methyl sites for hydroxylation is 1. The molecule has 1 amide bonds. The molecule has 1 aliphatic carbocycles. The van der Waals surface area contributed by atoms with Gasteiger partial charge in [-0.15, -0.1) is 0 Å². The lowest BCUT2D eigenvalue weighted by molar-refractivity contribution is -0.150. The first-order valence-electron chi connectivity index (χ1n) is 13.4. The number of carbonyl (C=O) groups excluding carboxylic acids is 3. The molecule has 0 aromatic heterocycles. The minimum absolute atomic E-state index is 0.0235. The predicted molar refractivity (Wildman–Crippen MR) is 141 cm³/mol. The van der Waals surface area contributed by atoms with Gasteiger partial charge in [0.15, 0.2) is 0 Å². The van der Waals surface area contributed by atoms with Gasteiger partial charge in [-0.1, -0.05) is 44.9 Å². The van der Waals surface area contributed by atoms with E-state index < -0.39 is 11.9 Å². The third-order valence-corrected chi connectivity index (χ3v) is 6.69. The first kappa shape index (κ1) is 28.2. The topological polar surface area (TPSA) is 93.1 Å². The zero-order valence-corrected chi connectivity index (χ0v) is 22.0. The second-order valence-electron chi connectivity index (χ2n) is 9.69. The van der Waals surface area contributed by atoms with Crippen LogP contribution in [-0.2, 0) is 32.0 Å². The maximum atomic E-state index is 13.5. The number of hydrogen-bond donors (Lipinski definition) is 1. The minimum Gasteiger partial charge on any atom is -0.508 e. The molecule has 0 fully saturated rings. The number of ether oxygens (including phenoxy) is 2. The highest BCUT2D eigenvalue weighted by Gasteiger charge is 2.27. The van der Waals surface area contributed by atoms with Crippen LogP contribution in [0.25, 0.3) is 0 Å². The molecule has 200 valence electrons. The molecule has 0 radical (unpaired) electrons. The Morgan fingerprint density at radius 3 is 2.51 bits per heavy atom. The van der Waals surface area contributed by atoms with Crippen molar-refractivity contribution in [2.45, 2.75) is 77.7 Å². The molecule has 1 atom stereocenters. The fourth-order valence-electron chi connectivity index (χ4n) is 4.63. The van der Waals surface area contributed by atoms with Crippen molar-refractivity contribution in [3.05, 3.63) is 64.7 Å². The number of hydrogen-bond acceptors (Lipinski definition) is 6. The van der Waals surface area contributed by atoms with E-state index in [0.29, 0.717) is 18.8 Å². The van der Waals surface area contributed by atoms with Crippen molar-refractivity contribution >= 4 is 17.8 Å². The van der Waals surface area contributed by atoms with Crippen LogP contribution in [-0.4, -0.2) is 47.6 Å². The molecule has 0 heterocycles. The Balaban J connectivity index is 1.74. The molecule has 1 unspecified atom stereocenters. The standard InChI is InChI=1S/C30H39NO6/c1-3-5-15-36-29(34)21-31(20-22-9-7-12-25(17-22)30(35)37-16-6-4-2)28(33)19-24-11-8-10-23-18-26(32)13-14-27(23)24/h7,9,12-14,17-18,24,32H,3-6,8,10-11,15-16,19-21H2,1-2H3. The van der Waals surface area contributed by atoms with E-state index in [1.807, 2.05) is 26.0 Å². The van der Waals surface area contributed by atoms with Crippen molar-refractivity contribution in [3.63, 3.8) is 0 Å². The van der Waals surface area contributed by atoms with Crippen LogP contribution in [0.1, 0.15) is 91.8 Å². The summed E-state index contributed by atoms with van der Waals surface area (Å²) in [5.74, 6) is -0.722. The molecule has 2 aromatic carbocycles. The van der Waals surface area contributed by atoms with E-state index in [1.165, 1.54) is 4.90 Å². The molecule has 37 heavy (non-hydrogen) atoms. The zero-order valence-electron chi connectivity index (χ0n) is 22.0. The Hall–Kier alpha value is -3.35. The van der Waals surface area contributed by atoms with Gasteiger partial charge >= 0.3 is 11.9 Å². The van der Waals surface area contributed by atoms with E-state index in [-0.39, 0.29) is 37.1 Å². The molecule has 0 bridgehead atoms. The lowest BCUT2D eigenvalue weighted by Gasteiger charge is -2.28. The molecule has 0 saturated heterocycles. The van der Waals surface area contributed by atoms with Gasteiger partial charge in [-0.25, -0.2) is 4.79 Å². The normalized spacial score (nSPS) is 14.5. The van der Waals surface area contributed by atoms with E-state index in [9.17, 15) is 19.5 Å². The summed E-state index contributed by atoms with van der Waals surface area (Å²) in [4.78, 5) is 40.0. The third kappa shape index (κ3) is 8.62. The molecule has 0 aliphatic heterocycles. The van der Waals surface area contributed by atoms with Crippen LogP contribution >= 0.6 is 0 Å². The summed E-state index contributed by atoms with van der Waals surface area (Å²) >= 11 is 0. The van der Waals surface area contributed by atoms with Gasteiger partial charge in [0.1, 0.15) is 12.3 Å². The number of rotatable bonds is 13. The first-order chi connectivity index (χ1) is 17.9. The minimum atomic E-state index is -0.439. The quantitative estimate of drug-likeness (QED) is 0.282. The molecule has 7 heteroatoms. The third-order valence-electron chi connectivity index (χ3n) is 6.69. The molecular weight excluding hydrogens is 470 g/mol. The molecule has 2 aromatic rings. The fourth-order valence-corrected chi connectivity index (χ4v) is 4.63. The highest BCUT2D eigenvalue weighted by molar-refractivity contribution is 5.89. The second-order valence-corrected chi connectivity index (χ2v) is 9.69. The van der Waals surface area contributed by atoms with Crippen molar-refractivity contribution in [1.29, 1.82) is 0 Å². The Morgan fingerprint density at radius 1 is 1.00 bits per heavy atom. The fraction of sp³-hybridized carbons (Fsp3) is 0.500. The van der Waals surface area contributed by atoms with Crippen LogP contribution in [0.3, 0.4) is 0 Å². The highest BCUT2D eigenvalue weighted by atomic mass is 16.5. The predicted octanol–water partition coefficient (Wildman–Crippen LogP) is 5.53. The number of fused-ring (bicyclic) bond motifs is 1. The van der Waals surface area contributed by atoms with Gasteiger partial charge in [-0.2, -0.15) is 0 Å². The monoisotopic (exact) mass is 509 g/mol. The zero-order chi connectivity index (χ0) is 26.6. The van der Waals surface area contributed by atoms with Crippen molar-refractivity contribution in [1.82, 2.24) is 4.90 Å². The number of amides is 1. The molecule has 1 aliphatic rings. The molecule has 3 rings (SSSR count). The highest BCUT2D eigenvalue weighted by Crippen LogP contribution is 2.36. The van der Waals surface area contributed by atoms with E-state index in [4.69, 9.17) is 9.47 Å². The van der Waals surface area contributed by atoms with Crippen LogP contribution in [0.5, 0.6) is 5.75 Å². The lowest BCUT2D eigenvalue weighted by atomic mass is 9.80. The van der Waals surface area contributed by atoms with E-state index in [1.54, 1.807) is 30.3 Å². The van der Waals surface area contributed by atoms with Crippen LogP contribution in [0.4, 0.5) is 0 Å². The smallest absolute Gasteiger partial charge is 0.338 e. The average molecular weight is 510 g/mol. The first-order valence-corrected chi connectivity index (χ1v) is 13.4. The molecule has 7 nitrogen and oxygen atoms in total. The van der Waals surface area contributed by atoms with Crippen molar-refractivity contribution in [2.75, 3.05) is 19.8 Å². The summed E-state index contributed by atoms with van der Waals surface area (Å²) < 4.78 is 10.7. The summed E-state index contributed by atoms with van der Waals surface area (Å²) in [5.41, 5.74) is 3.32. The summed E-state index contributed by atoms with van der Waals surface area (Å²) in [6, 6.07) is 12.4. The molecule has 0 spiro atoms. The van der Waals surface area contributed by atoms with E-state index in [0.717, 1.165) is 61.6 Å². The Bertz CT molecular complexity index is 1070. The second kappa shape index (κ2) is 14.4. The summed E-state index contributed by atoms with van der Waals surface area (Å²) in [7, 11) is 0. The number of nitrogens with zero attached hydrogens (tertiary/aromatic N) is 1. The van der Waals surface area contributed by atoms with Gasteiger partial charge in [-0.05, 0) is 79.0 Å². The summed E-state index contributed by atoms with van der Waals surface area (Å²) in [5, 5.41) is 9.86. The average Bonchev–Trinajstić information content (AvgIpc) is 2.88. The maximum Gasteiger partial charge on any atom is 0.338 e.